The van der Waals surface area contributed by atoms with Gasteiger partial charge in [0.25, 0.3) is 0 Å². The molecule has 0 spiro atoms. The molecule has 0 aliphatic carbocycles. The van der Waals surface area contributed by atoms with Gasteiger partial charge in [0.05, 0.1) is 11.5 Å². The molecule has 0 bridgehead atoms. The SMILES string of the molecule is Nc1cccc(CN2CCS(=O)(=O)CC2)c1. The van der Waals surface area contributed by atoms with E-state index in [2.05, 4.69) is 4.90 Å². The van der Waals surface area contributed by atoms with E-state index in [0.29, 0.717) is 13.1 Å². The molecular formula is C11H16N2O2S. The summed E-state index contributed by atoms with van der Waals surface area (Å²) < 4.78 is 22.5. The molecule has 5 heteroatoms. The molecule has 1 fully saturated rings. The van der Waals surface area contributed by atoms with Gasteiger partial charge in [0.15, 0.2) is 9.84 Å². The largest absolute Gasteiger partial charge is 0.399 e. The first-order chi connectivity index (χ1) is 7.55. The van der Waals surface area contributed by atoms with Crippen molar-refractivity contribution in [2.75, 3.05) is 30.3 Å². The molecule has 4 nitrogen and oxygen atoms in total. The number of rotatable bonds is 2. The Kier molecular flexibility index (Phi) is 3.16. The van der Waals surface area contributed by atoms with Crippen molar-refractivity contribution >= 4 is 15.5 Å². The first-order valence-electron chi connectivity index (χ1n) is 5.32. The van der Waals surface area contributed by atoms with Crippen LogP contribution in [0.4, 0.5) is 5.69 Å². The second kappa shape index (κ2) is 4.43. The van der Waals surface area contributed by atoms with Crippen LogP contribution in [0.2, 0.25) is 0 Å². The maximum absolute atomic E-state index is 11.3. The maximum atomic E-state index is 11.3. The van der Waals surface area contributed by atoms with Crippen LogP contribution >= 0.6 is 0 Å². The van der Waals surface area contributed by atoms with Crippen LogP contribution in [0.5, 0.6) is 0 Å². The van der Waals surface area contributed by atoms with E-state index < -0.39 is 9.84 Å². The summed E-state index contributed by atoms with van der Waals surface area (Å²) in [5, 5.41) is 0. The second-order valence-corrected chi connectivity index (χ2v) is 6.48. The van der Waals surface area contributed by atoms with Gasteiger partial charge in [-0.1, -0.05) is 12.1 Å². The minimum Gasteiger partial charge on any atom is -0.399 e. The minimum atomic E-state index is -2.78. The van der Waals surface area contributed by atoms with Crippen LogP contribution in [-0.4, -0.2) is 37.9 Å². The fourth-order valence-corrected chi connectivity index (χ4v) is 3.13. The molecule has 0 aromatic heterocycles. The Morgan fingerprint density at radius 2 is 1.94 bits per heavy atom. The lowest BCUT2D eigenvalue weighted by molar-refractivity contribution is 0.288. The van der Waals surface area contributed by atoms with E-state index >= 15 is 0 Å². The van der Waals surface area contributed by atoms with E-state index in [1.165, 1.54) is 0 Å². The van der Waals surface area contributed by atoms with Gasteiger partial charge in [-0.05, 0) is 17.7 Å². The van der Waals surface area contributed by atoms with Gasteiger partial charge in [0.1, 0.15) is 0 Å². The monoisotopic (exact) mass is 240 g/mol. The van der Waals surface area contributed by atoms with Gasteiger partial charge >= 0.3 is 0 Å². The molecule has 1 aliphatic heterocycles. The zero-order valence-electron chi connectivity index (χ0n) is 9.09. The summed E-state index contributed by atoms with van der Waals surface area (Å²) in [6.07, 6.45) is 0. The fraction of sp³-hybridized carbons (Fsp3) is 0.455. The van der Waals surface area contributed by atoms with Gasteiger partial charge in [0, 0.05) is 25.3 Å². The van der Waals surface area contributed by atoms with Crippen molar-refractivity contribution in [3.8, 4) is 0 Å². The zero-order chi connectivity index (χ0) is 11.6. The minimum absolute atomic E-state index is 0.273. The Balaban J connectivity index is 1.97. The number of nitrogens with zero attached hydrogens (tertiary/aromatic N) is 1. The Labute approximate surface area is 96.0 Å². The standard InChI is InChI=1S/C11H16N2O2S/c12-11-3-1-2-10(8-11)9-13-4-6-16(14,15)7-5-13/h1-3,8H,4-7,9,12H2. The number of benzene rings is 1. The highest BCUT2D eigenvalue weighted by molar-refractivity contribution is 7.91. The fourth-order valence-electron chi connectivity index (χ4n) is 1.86. The molecule has 0 saturated carbocycles. The summed E-state index contributed by atoms with van der Waals surface area (Å²) in [7, 11) is -2.78. The molecule has 16 heavy (non-hydrogen) atoms. The lowest BCUT2D eigenvalue weighted by atomic mass is 10.2. The molecular weight excluding hydrogens is 224 g/mol. The van der Waals surface area contributed by atoms with Crippen molar-refractivity contribution in [3.05, 3.63) is 29.8 Å². The highest BCUT2D eigenvalue weighted by Crippen LogP contribution is 2.12. The average molecular weight is 240 g/mol. The summed E-state index contributed by atoms with van der Waals surface area (Å²) in [5.74, 6) is 0.546. The van der Waals surface area contributed by atoms with Crippen LogP contribution in [0.15, 0.2) is 24.3 Å². The van der Waals surface area contributed by atoms with Crippen molar-refractivity contribution in [2.24, 2.45) is 0 Å². The average Bonchev–Trinajstić information content (AvgIpc) is 2.21. The molecule has 0 atom stereocenters. The molecule has 88 valence electrons. The Morgan fingerprint density at radius 3 is 2.56 bits per heavy atom. The smallest absolute Gasteiger partial charge is 0.152 e. The predicted molar refractivity (Wildman–Crippen MR) is 64.8 cm³/mol. The van der Waals surface area contributed by atoms with Crippen LogP contribution in [0.3, 0.4) is 0 Å². The van der Waals surface area contributed by atoms with E-state index in [9.17, 15) is 8.42 Å². The Hall–Kier alpha value is -1.07. The molecule has 1 aromatic rings. The van der Waals surface area contributed by atoms with Gasteiger partial charge in [-0.15, -0.1) is 0 Å². The van der Waals surface area contributed by atoms with E-state index in [0.717, 1.165) is 17.8 Å². The first kappa shape index (κ1) is 11.4. The molecule has 2 N–H and O–H groups in total. The van der Waals surface area contributed by atoms with Gasteiger partial charge < -0.3 is 5.73 Å². The summed E-state index contributed by atoms with van der Waals surface area (Å²) in [5.41, 5.74) is 7.58. The third-order valence-electron chi connectivity index (χ3n) is 2.79. The third-order valence-corrected chi connectivity index (χ3v) is 4.40. The van der Waals surface area contributed by atoms with Crippen LogP contribution in [0.25, 0.3) is 0 Å². The van der Waals surface area contributed by atoms with Crippen molar-refractivity contribution in [1.29, 1.82) is 0 Å². The van der Waals surface area contributed by atoms with E-state index in [-0.39, 0.29) is 11.5 Å². The molecule has 0 radical (unpaired) electrons. The summed E-state index contributed by atoms with van der Waals surface area (Å²) in [6, 6.07) is 7.72. The number of hydrogen-bond donors (Lipinski definition) is 1. The number of sulfone groups is 1. The number of nitrogen functional groups attached to an aromatic ring is 1. The molecule has 1 saturated heterocycles. The lowest BCUT2D eigenvalue weighted by Gasteiger charge is -2.26. The van der Waals surface area contributed by atoms with Gasteiger partial charge in [-0.3, -0.25) is 4.90 Å². The third kappa shape index (κ3) is 2.96. The lowest BCUT2D eigenvalue weighted by Crippen LogP contribution is -2.39. The number of hydrogen-bond acceptors (Lipinski definition) is 4. The number of anilines is 1. The van der Waals surface area contributed by atoms with Crippen molar-refractivity contribution < 1.29 is 8.42 Å². The quantitative estimate of drug-likeness (QED) is 0.765. The molecule has 1 aromatic carbocycles. The highest BCUT2D eigenvalue weighted by atomic mass is 32.2. The first-order valence-corrected chi connectivity index (χ1v) is 7.14. The van der Waals surface area contributed by atoms with Gasteiger partial charge in [-0.25, -0.2) is 8.42 Å². The molecule has 2 rings (SSSR count). The zero-order valence-corrected chi connectivity index (χ0v) is 9.91. The normalized spacial score (nSPS) is 20.8. The van der Waals surface area contributed by atoms with E-state index in [4.69, 9.17) is 5.73 Å². The van der Waals surface area contributed by atoms with Crippen molar-refractivity contribution in [3.63, 3.8) is 0 Å². The van der Waals surface area contributed by atoms with Gasteiger partial charge in [-0.2, -0.15) is 0 Å². The predicted octanol–water partition coefficient (Wildman–Crippen LogP) is 0.499. The molecule has 0 unspecified atom stereocenters. The van der Waals surface area contributed by atoms with Crippen LogP contribution in [0, 0.1) is 0 Å². The summed E-state index contributed by atoms with van der Waals surface area (Å²) in [4.78, 5) is 2.15. The highest BCUT2D eigenvalue weighted by Gasteiger charge is 2.21. The van der Waals surface area contributed by atoms with Crippen molar-refractivity contribution in [2.45, 2.75) is 6.54 Å². The van der Waals surface area contributed by atoms with Crippen molar-refractivity contribution in [1.82, 2.24) is 4.90 Å². The van der Waals surface area contributed by atoms with Gasteiger partial charge in [0.2, 0.25) is 0 Å². The number of nitrogens with two attached hydrogens (primary N) is 1. The molecule has 1 aliphatic rings. The maximum Gasteiger partial charge on any atom is 0.152 e. The Morgan fingerprint density at radius 1 is 1.25 bits per heavy atom. The topological polar surface area (TPSA) is 63.4 Å². The second-order valence-electron chi connectivity index (χ2n) is 4.17. The molecule has 1 heterocycles. The van der Waals surface area contributed by atoms with Crippen LogP contribution < -0.4 is 5.73 Å². The van der Waals surface area contributed by atoms with Crippen LogP contribution in [-0.2, 0) is 16.4 Å². The Bertz CT molecular complexity index is 457. The van der Waals surface area contributed by atoms with E-state index in [1.807, 2.05) is 24.3 Å². The van der Waals surface area contributed by atoms with E-state index in [1.54, 1.807) is 0 Å². The summed E-state index contributed by atoms with van der Waals surface area (Å²) >= 11 is 0. The summed E-state index contributed by atoms with van der Waals surface area (Å²) in [6.45, 7) is 2.02. The van der Waals surface area contributed by atoms with Crippen LogP contribution in [0.1, 0.15) is 5.56 Å². The molecule has 0 amide bonds.